The lowest BCUT2D eigenvalue weighted by molar-refractivity contribution is 0.0663. The van der Waals surface area contributed by atoms with Crippen LogP contribution in [0.25, 0.3) is 0 Å². The number of rotatable bonds is 5. The first kappa shape index (κ1) is 13.1. The zero-order valence-electron chi connectivity index (χ0n) is 10.6. The number of nitriles is 1. The molecule has 18 heavy (non-hydrogen) atoms. The lowest BCUT2D eigenvalue weighted by Crippen LogP contribution is -2.30. The predicted molar refractivity (Wildman–Crippen MR) is 71.2 cm³/mol. The van der Waals surface area contributed by atoms with Gasteiger partial charge in [-0.1, -0.05) is 30.3 Å². The average Bonchev–Trinajstić information content (AvgIpc) is 2.46. The Bertz CT molecular complexity index is 379. The molecular formula is C15H20N2O. The van der Waals surface area contributed by atoms with Gasteiger partial charge in [0.1, 0.15) is 0 Å². The summed E-state index contributed by atoms with van der Waals surface area (Å²) < 4.78 is 5.34. The number of benzene rings is 1. The summed E-state index contributed by atoms with van der Waals surface area (Å²) in [6, 6.07) is 12.4. The second-order valence-corrected chi connectivity index (χ2v) is 4.81. The number of nitrogens with zero attached hydrogens (tertiary/aromatic N) is 1. The van der Waals surface area contributed by atoms with Crippen LogP contribution < -0.4 is 5.32 Å². The van der Waals surface area contributed by atoms with E-state index in [2.05, 4.69) is 11.4 Å². The zero-order chi connectivity index (χ0) is 12.6. The van der Waals surface area contributed by atoms with Gasteiger partial charge in [-0.25, -0.2) is 0 Å². The first-order chi connectivity index (χ1) is 8.90. The van der Waals surface area contributed by atoms with Crippen molar-refractivity contribution in [2.24, 2.45) is 5.92 Å². The van der Waals surface area contributed by atoms with E-state index in [1.165, 1.54) is 0 Å². The molecule has 3 heteroatoms. The van der Waals surface area contributed by atoms with Gasteiger partial charge in [0.2, 0.25) is 0 Å². The van der Waals surface area contributed by atoms with Crippen molar-refractivity contribution in [3.63, 3.8) is 0 Å². The van der Waals surface area contributed by atoms with Crippen LogP contribution in [0.2, 0.25) is 0 Å². The molecule has 1 unspecified atom stereocenters. The van der Waals surface area contributed by atoms with Gasteiger partial charge in [-0.05, 0) is 30.9 Å². The maximum Gasteiger partial charge on any atom is 0.0837 e. The van der Waals surface area contributed by atoms with E-state index in [9.17, 15) is 5.26 Å². The molecule has 96 valence electrons. The van der Waals surface area contributed by atoms with Crippen LogP contribution in [0.1, 0.15) is 24.3 Å². The molecule has 0 spiro atoms. The van der Waals surface area contributed by atoms with Crippen molar-refractivity contribution in [2.75, 3.05) is 26.3 Å². The van der Waals surface area contributed by atoms with Crippen LogP contribution in [-0.4, -0.2) is 26.3 Å². The Labute approximate surface area is 109 Å². The lowest BCUT2D eigenvalue weighted by atomic mass is 9.98. The summed E-state index contributed by atoms with van der Waals surface area (Å²) in [7, 11) is 0. The van der Waals surface area contributed by atoms with Gasteiger partial charge < -0.3 is 10.1 Å². The summed E-state index contributed by atoms with van der Waals surface area (Å²) in [4.78, 5) is 0. The molecule has 0 aliphatic carbocycles. The molecule has 1 aromatic rings. The normalized spacial score (nSPS) is 18.2. The molecule has 1 atom stereocenters. The molecular weight excluding hydrogens is 224 g/mol. The molecule has 3 nitrogen and oxygen atoms in total. The Hall–Kier alpha value is -1.37. The number of hydrogen-bond acceptors (Lipinski definition) is 3. The van der Waals surface area contributed by atoms with Gasteiger partial charge in [0, 0.05) is 19.8 Å². The van der Waals surface area contributed by atoms with Crippen molar-refractivity contribution in [1.82, 2.24) is 5.32 Å². The van der Waals surface area contributed by atoms with Crippen molar-refractivity contribution in [3.05, 3.63) is 35.9 Å². The Morgan fingerprint density at radius 3 is 2.67 bits per heavy atom. The molecule has 0 radical (unpaired) electrons. The third-order valence-electron chi connectivity index (χ3n) is 3.48. The van der Waals surface area contributed by atoms with Gasteiger partial charge in [0.15, 0.2) is 0 Å². The van der Waals surface area contributed by atoms with Crippen LogP contribution in [-0.2, 0) is 4.74 Å². The first-order valence-electron chi connectivity index (χ1n) is 6.63. The number of nitrogens with one attached hydrogen (secondary N) is 1. The van der Waals surface area contributed by atoms with Crippen LogP contribution in [0.5, 0.6) is 0 Å². The van der Waals surface area contributed by atoms with Crippen molar-refractivity contribution in [1.29, 1.82) is 5.26 Å². The Kier molecular flexibility index (Phi) is 5.19. The largest absolute Gasteiger partial charge is 0.381 e. The zero-order valence-corrected chi connectivity index (χ0v) is 10.6. The van der Waals surface area contributed by atoms with Crippen molar-refractivity contribution in [3.8, 4) is 6.07 Å². The van der Waals surface area contributed by atoms with E-state index in [0.717, 1.165) is 44.7 Å². The molecule has 1 aromatic carbocycles. The first-order valence-corrected chi connectivity index (χ1v) is 6.63. The minimum Gasteiger partial charge on any atom is -0.381 e. The summed E-state index contributed by atoms with van der Waals surface area (Å²) in [5, 5.41) is 12.6. The molecule has 1 fully saturated rings. The average molecular weight is 244 g/mol. The second-order valence-electron chi connectivity index (χ2n) is 4.81. The van der Waals surface area contributed by atoms with Crippen LogP contribution in [0.3, 0.4) is 0 Å². The van der Waals surface area contributed by atoms with E-state index in [1.54, 1.807) is 0 Å². The molecule has 1 aliphatic heterocycles. The maximum absolute atomic E-state index is 9.21. The molecule has 1 saturated heterocycles. The van der Waals surface area contributed by atoms with Gasteiger partial charge in [-0.2, -0.15) is 5.26 Å². The van der Waals surface area contributed by atoms with Crippen LogP contribution in [0, 0.1) is 17.2 Å². The topological polar surface area (TPSA) is 45.0 Å². The third kappa shape index (κ3) is 3.83. The number of hydrogen-bond donors (Lipinski definition) is 1. The number of ether oxygens (including phenoxy) is 1. The van der Waals surface area contributed by atoms with Crippen molar-refractivity contribution < 1.29 is 4.74 Å². The quantitative estimate of drug-likeness (QED) is 0.864. The maximum atomic E-state index is 9.21. The predicted octanol–water partition coefficient (Wildman–Crippen LogP) is 2.31. The van der Waals surface area contributed by atoms with E-state index in [4.69, 9.17) is 4.74 Å². The highest BCUT2D eigenvalue weighted by Gasteiger charge is 2.15. The van der Waals surface area contributed by atoms with Crippen molar-refractivity contribution in [2.45, 2.75) is 18.8 Å². The highest BCUT2D eigenvalue weighted by molar-refractivity contribution is 5.24. The van der Waals surface area contributed by atoms with E-state index >= 15 is 0 Å². The molecule has 1 heterocycles. The fourth-order valence-corrected chi connectivity index (χ4v) is 2.31. The molecule has 0 amide bonds. The molecule has 1 aliphatic rings. The van der Waals surface area contributed by atoms with E-state index < -0.39 is 0 Å². The fraction of sp³-hybridized carbons (Fsp3) is 0.533. The monoisotopic (exact) mass is 244 g/mol. The standard InChI is InChI=1S/C15H20N2O/c16-10-15(14-4-2-1-3-5-14)12-17-11-13-6-8-18-9-7-13/h1-5,13,15,17H,6-9,11-12H2. The molecule has 1 N–H and O–H groups in total. The Morgan fingerprint density at radius 1 is 1.28 bits per heavy atom. The van der Waals surface area contributed by atoms with Gasteiger partial charge >= 0.3 is 0 Å². The van der Waals surface area contributed by atoms with Crippen LogP contribution >= 0.6 is 0 Å². The summed E-state index contributed by atoms with van der Waals surface area (Å²) in [6.07, 6.45) is 2.27. The summed E-state index contributed by atoms with van der Waals surface area (Å²) in [5.41, 5.74) is 1.10. The lowest BCUT2D eigenvalue weighted by Gasteiger charge is -2.22. The molecule has 0 aromatic heterocycles. The highest BCUT2D eigenvalue weighted by Crippen LogP contribution is 2.15. The molecule has 0 saturated carbocycles. The van der Waals surface area contributed by atoms with E-state index in [-0.39, 0.29) is 5.92 Å². The van der Waals surface area contributed by atoms with E-state index in [0.29, 0.717) is 5.92 Å². The van der Waals surface area contributed by atoms with Gasteiger partial charge in [0.05, 0.1) is 12.0 Å². The minimum atomic E-state index is -0.0500. The molecule has 0 bridgehead atoms. The highest BCUT2D eigenvalue weighted by atomic mass is 16.5. The van der Waals surface area contributed by atoms with Gasteiger partial charge in [-0.15, -0.1) is 0 Å². The van der Waals surface area contributed by atoms with Gasteiger partial charge in [-0.3, -0.25) is 0 Å². The fourth-order valence-electron chi connectivity index (χ4n) is 2.31. The summed E-state index contributed by atoms with van der Waals surface area (Å²) >= 11 is 0. The van der Waals surface area contributed by atoms with Crippen LogP contribution in [0.15, 0.2) is 30.3 Å². The van der Waals surface area contributed by atoms with Crippen LogP contribution in [0.4, 0.5) is 0 Å². The summed E-state index contributed by atoms with van der Waals surface area (Å²) in [5.74, 6) is 0.653. The van der Waals surface area contributed by atoms with Crippen molar-refractivity contribution >= 4 is 0 Å². The summed E-state index contributed by atoms with van der Waals surface area (Å²) in [6.45, 7) is 3.49. The SMILES string of the molecule is N#CC(CNCC1CCOCC1)c1ccccc1. The van der Waals surface area contributed by atoms with E-state index in [1.807, 2.05) is 30.3 Å². The second kappa shape index (κ2) is 7.15. The minimum absolute atomic E-state index is 0.0500. The third-order valence-corrected chi connectivity index (χ3v) is 3.48. The smallest absolute Gasteiger partial charge is 0.0837 e. The Morgan fingerprint density at radius 2 is 2.00 bits per heavy atom. The van der Waals surface area contributed by atoms with Gasteiger partial charge in [0.25, 0.3) is 0 Å². The molecule has 2 rings (SSSR count). The Balaban J connectivity index is 1.76.